The molecule has 19 heavy (non-hydrogen) atoms. The number of benzene rings is 1. The van der Waals surface area contributed by atoms with Crippen LogP contribution < -0.4 is 11.1 Å². The van der Waals surface area contributed by atoms with Gasteiger partial charge in [0.25, 0.3) is 0 Å². The van der Waals surface area contributed by atoms with Crippen molar-refractivity contribution in [3.8, 4) is 0 Å². The summed E-state index contributed by atoms with van der Waals surface area (Å²) in [5.74, 6) is 0.0932. The van der Waals surface area contributed by atoms with Crippen LogP contribution in [0.1, 0.15) is 42.4 Å². The summed E-state index contributed by atoms with van der Waals surface area (Å²) < 4.78 is 0. The zero-order valence-corrected chi connectivity index (χ0v) is 12.0. The maximum atomic E-state index is 12.2. The van der Waals surface area contributed by atoms with Gasteiger partial charge >= 0.3 is 0 Å². The lowest BCUT2D eigenvalue weighted by molar-refractivity contribution is -0.122. The Bertz CT molecular complexity index is 462. The summed E-state index contributed by atoms with van der Waals surface area (Å²) in [5.41, 5.74) is 9.27. The van der Waals surface area contributed by atoms with Crippen molar-refractivity contribution in [2.24, 2.45) is 5.73 Å². The van der Waals surface area contributed by atoms with E-state index >= 15 is 0 Å². The molecule has 1 saturated carbocycles. The van der Waals surface area contributed by atoms with E-state index in [2.05, 4.69) is 31.3 Å². The molecule has 0 heterocycles. The van der Waals surface area contributed by atoms with Gasteiger partial charge in [0.05, 0.1) is 12.0 Å². The Morgan fingerprint density at radius 1 is 1.26 bits per heavy atom. The first-order valence-electron chi connectivity index (χ1n) is 7.12. The first-order valence-corrected chi connectivity index (χ1v) is 7.12. The van der Waals surface area contributed by atoms with E-state index < -0.39 is 0 Å². The van der Waals surface area contributed by atoms with Crippen molar-refractivity contribution >= 4 is 5.91 Å². The Kier molecular flexibility index (Phi) is 4.25. The third-order valence-corrected chi connectivity index (χ3v) is 4.29. The van der Waals surface area contributed by atoms with Crippen molar-refractivity contribution in [1.29, 1.82) is 0 Å². The average Bonchev–Trinajstić information content (AvgIpc) is 2.83. The van der Waals surface area contributed by atoms with Crippen LogP contribution in [-0.2, 0) is 11.2 Å². The van der Waals surface area contributed by atoms with Crippen LogP contribution in [0.4, 0.5) is 0 Å². The molecule has 0 radical (unpaired) electrons. The van der Waals surface area contributed by atoms with E-state index in [1.807, 2.05) is 6.07 Å². The Balaban J connectivity index is 1.99. The highest BCUT2D eigenvalue weighted by Crippen LogP contribution is 2.28. The lowest BCUT2D eigenvalue weighted by atomic mass is 9.97. The van der Waals surface area contributed by atoms with E-state index in [1.54, 1.807) is 0 Å². The van der Waals surface area contributed by atoms with E-state index in [-0.39, 0.29) is 11.4 Å². The molecule has 1 aromatic carbocycles. The molecule has 1 aliphatic rings. The van der Waals surface area contributed by atoms with Crippen molar-refractivity contribution in [2.45, 2.75) is 51.5 Å². The van der Waals surface area contributed by atoms with E-state index in [0.717, 1.165) is 18.4 Å². The number of amides is 1. The molecular formula is C16H24N2O. The summed E-state index contributed by atoms with van der Waals surface area (Å²) in [5, 5.41) is 3.16. The first kappa shape index (κ1) is 14.1. The fraction of sp³-hybridized carbons (Fsp3) is 0.562. The average molecular weight is 260 g/mol. The Labute approximate surface area is 115 Å². The van der Waals surface area contributed by atoms with Gasteiger partial charge in [-0.05, 0) is 43.4 Å². The highest BCUT2D eigenvalue weighted by molar-refractivity contribution is 5.79. The molecule has 0 aromatic heterocycles. The largest absolute Gasteiger partial charge is 0.349 e. The second-order valence-electron chi connectivity index (χ2n) is 5.84. The number of hydrogen-bond donors (Lipinski definition) is 2. The van der Waals surface area contributed by atoms with Gasteiger partial charge in [0.1, 0.15) is 0 Å². The first-order chi connectivity index (χ1) is 9.04. The summed E-state index contributed by atoms with van der Waals surface area (Å²) in [7, 11) is 0. The van der Waals surface area contributed by atoms with Crippen LogP contribution in [0.5, 0.6) is 0 Å². The van der Waals surface area contributed by atoms with Crippen LogP contribution in [0, 0.1) is 13.8 Å². The summed E-state index contributed by atoms with van der Waals surface area (Å²) >= 11 is 0. The SMILES string of the molecule is Cc1ccc(CC(=O)NC2(CN)CCCC2)cc1C. The minimum Gasteiger partial charge on any atom is -0.349 e. The minimum atomic E-state index is -0.142. The zero-order chi connectivity index (χ0) is 13.9. The van der Waals surface area contributed by atoms with Crippen molar-refractivity contribution < 1.29 is 4.79 Å². The molecule has 0 bridgehead atoms. The summed E-state index contributed by atoms with van der Waals surface area (Å²) in [6.45, 7) is 4.71. The number of rotatable bonds is 4. The molecule has 1 aliphatic carbocycles. The molecule has 0 saturated heterocycles. The van der Waals surface area contributed by atoms with Gasteiger partial charge in [-0.1, -0.05) is 31.0 Å². The molecule has 0 aliphatic heterocycles. The highest BCUT2D eigenvalue weighted by atomic mass is 16.1. The number of aryl methyl sites for hydroxylation is 2. The van der Waals surface area contributed by atoms with Crippen LogP contribution in [0.2, 0.25) is 0 Å². The van der Waals surface area contributed by atoms with Gasteiger partial charge in [0.15, 0.2) is 0 Å². The quantitative estimate of drug-likeness (QED) is 0.872. The molecule has 0 atom stereocenters. The van der Waals surface area contributed by atoms with Gasteiger partial charge in [-0.25, -0.2) is 0 Å². The molecule has 0 unspecified atom stereocenters. The summed E-state index contributed by atoms with van der Waals surface area (Å²) in [6, 6.07) is 6.20. The van der Waals surface area contributed by atoms with Gasteiger partial charge in [0, 0.05) is 6.54 Å². The third-order valence-electron chi connectivity index (χ3n) is 4.29. The van der Waals surface area contributed by atoms with E-state index in [1.165, 1.54) is 24.0 Å². The number of carbonyl (C=O) groups is 1. The van der Waals surface area contributed by atoms with Gasteiger partial charge in [-0.3, -0.25) is 4.79 Å². The van der Waals surface area contributed by atoms with Gasteiger partial charge in [-0.2, -0.15) is 0 Å². The topological polar surface area (TPSA) is 55.1 Å². The van der Waals surface area contributed by atoms with E-state index in [9.17, 15) is 4.79 Å². The standard InChI is InChI=1S/C16H24N2O/c1-12-5-6-14(9-13(12)2)10-15(19)18-16(11-17)7-3-4-8-16/h5-6,9H,3-4,7-8,10-11,17H2,1-2H3,(H,18,19). The summed E-state index contributed by atoms with van der Waals surface area (Å²) in [6.07, 6.45) is 4.81. The van der Waals surface area contributed by atoms with Crippen LogP contribution in [0.25, 0.3) is 0 Å². The maximum Gasteiger partial charge on any atom is 0.224 e. The predicted octanol–water partition coefficient (Wildman–Crippen LogP) is 2.23. The molecule has 1 fully saturated rings. The molecule has 3 nitrogen and oxygen atoms in total. The fourth-order valence-corrected chi connectivity index (χ4v) is 2.87. The van der Waals surface area contributed by atoms with Crippen molar-refractivity contribution in [3.05, 3.63) is 34.9 Å². The molecule has 3 N–H and O–H groups in total. The number of carbonyl (C=O) groups excluding carboxylic acids is 1. The Morgan fingerprint density at radius 2 is 1.95 bits per heavy atom. The molecule has 2 rings (SSSR count). The van der Waals surface area contributed by atoms with Crippen molar-refractivity contribution in [3.63, 3.8) is 0 Å². The molecule has 3 heteroatoms. The maximum absolute atomic E-state index is 12.2. The fourth-order valence-electron chi connectivity index (χ4n) is 2.87. The van der Waals surface area contributed by atoms with Crippen LogP contribution >= 0.6 is 0 Å². The van der Waals surface area contributed by atoms with Crippen molar-refractivity contribution in [2.75, 3.05) is 6.54 Å². The number of nitrogens with two attached hydrogens (primary N) is 1. The third kappa shape index (κ3) is 3.35. The van der Waals surface area contributed by atoms with Crippen LogP contribution in [0.3, 0.4) is 0 Å². The summed E-state index contributed by atoms with van der Waals surface area (Å²) in [4.78, 5) is 12.2. The highest BCUT2D eigenvalue weighted by Gasteiger charge is 2.33. The lowest BCUT2D eigenvalue weighted by Gasteiger charge is -2.28. The monoisotopic (exact) mass is 260 g/mol. The molecule has 0 spiro atoms. The van der Waals surface area contributed by atoms with Crippen molar-refractivity contribution in [1.82, 2.24) is 5.32 Å². The van der Waals surface area contributed by atoms with E-state index in [0.29, 0.717) is 13.0 Å². The second-order valence-corrected chi connectivity index (χ2v) is 5.84. The predicted molar refractivity (Wildman–Crippen MR) is 78.0 cm³/mol. The second kappa shape index (κ2) is 5.74. The normalized spacial score (nSPS) is 17.4. The zero-order valence-electron chi connectivity index (χ0n) is 12.0. The van der Waals surface area contributed by atoms with Gasteiger partial charge < -0.3 is 11.1 Å². The number of nitrogens with one attached hydrogen (secondary N) is 1. The van der Waals surface area contributed by atoms with Crippen LogP contribution in [-0.4, -0.2) is 18.0 Å². The lowest BCUT2D eigenvalue weighted by Crippen LogP contribution is -2.52. The Morgan fingerprint density at radius 3 is 2.53 bits per heavy atom. The van der Waals surface area contributed by atoms with Gasteiger partial charge in [-0.15, -0.1) is 0 Å². The smallest absolute Gasteiger partial charge is 0.224 e. The number of hydrogen-bond acceptors (Lipinski definition) is 2. The van der Waals surface area contributed by atoms with E-state index in [4.69, 9.17) is 5.73 Å². The molecule has 1 amide bonds. The molecule has 104 valence electrons. The minimum absolute atomic E-state index is 0.0932. The van der Waals surface area contributed by atoms with Gasteiger partial charge in [0.2, 0.25) is 5.91 Å². The molecular weight excluding hydrogens is 236 g/mol. The Hall–Kier alpha value is -1.35. The van der Waals surface area contributed by atoms with Crippen LogP contribution in [0.15, 0.2) is 18.2 Å². The molecule has 1 aromatic rings.